The molecule has 1 fully saturated rings. The molecule has 0 spiro atoms. The van der Waals surface area contributed by atoms with Gasteiger partial charge >= 0.3 is 0 Å². The molecule has 1 atom stereocenters. The van der Waals surface area contributed by atoms with Gasteiger partial charge in [-0.1, -0.05) is 0 Å². The predicted molar refractivity (Wildman–Crippen MR) is 106 cm³/mol. The summed E-state index contributed by atoms with van der Waals surface area (Å²) in [6, 6.07) is 5.00. The molecule has 3 rings (SSSR count). The fourth-order valence-corrected chi connectivity index (χ4v) is 3.47. The molecule has 1 amide bonds. The molecule has 2 aromatic rings. The summed E-state index contributed by atoms with van der Waals surface area (Å²) in [5, 5.41) is 3.39. The van der Waals surface area contributed by atoms with Crippen molar-refractivity contribution in [2.24, 2.45) is 0 Å². The summed E-state index contributed by atoms with van der Waals surface area (Å²) in [6.45, 7) is 4.91. The van der Waals surface area contributed by atoms with Crippen molar-refractivity contribution >= 4 is 29.0 Å². The van der Waals surface area contributed by atoms with Crippen molar-refractivity contribution in [2.75, 3.05) is 26.4 Å². The van der Waals surface area contributed by atoms with Crippen molar-refractivity contribution in [1.29, 1.82) is 0 Å². The largest absolute Gasteiger partial charge is 0.382 e. The van der Waals surface area contributed by atoms with Gasteiger partial charge in [0.05, 0.1) is 17.0 Å². The molecule has 0 bridgehead atoms. The molecule has 1 saturated heterocycles. The lowest BCUT2D eigenvalue weighted by Crippen LogP contribution is -2.31. The van der Waals surface area contributed by atoms with Gasteiger partial charge in [-0.15, -0.1) is 0 Å². The van der Waals surface area contributed by atoms with E-state index in [9.17, 15) is 9.59 Å². The summed E-state index contributed by atoms with van der Waals surface area (Å²) in [5.41, 5.74) is 0.895. The Morgan fingerprint density at radius 1 is 1.48 bits per heavy atom. The minimum absolute atomic E-state index is 0.0871. The van der Waals surface area contributed by atoms with E-state index in [1.54, 1.807) is 18.2 Å². The van der Waals surface area contributed by atoms with E-state index < -0.39 is 0 Å². The number of benzene rings is 1. The second kappa shape index (κ2) is 9.25. The molecule has 1 aliphatic heterocycles. The molecule has 27 heavy (non-hydrogen) atoms. The molecule has 0 radical (unpaired) electrons. The van der Waals surface area contributed by atoms with Gasteiger partial charge in [-0.2, -0.15) is 0 Å². The van der Waals surface area contributed by atoms with Crippen molar-refractivity contribution in [1.82, 2.24) is 14.9 Å². The molecule has 1 aromatic carbocycles. The average Bonchev–Trinajstić information content (AvgIpc) is 3.18. The summed E-state index contributed by atoms with van der Waals surface area (Å²) in [6.07, 6.45) is 2.79. The molecule has 1 aliphatic rings. The molecule has 0 saturated carbocycles. The van der Waals surface area contributed by atoms with Gasteiger partial charge < -0.3 is 19.8 Å². The Morgan fingerprint density at radius 2 is 2.33 bits per heavy atom. The zero-order valence-electron chi connectivity index (χ0n) is 15.5. The van der Waals surface area contributed by atoms with Crippen LogP contribution in [-0.4, -0.2) is 47.9 Å². The number of carbonyl (C=O) groups excluding carboxylic acids is 1. The number of hydrogen-bond acceptors (Lipinski definition) is 5. The van der Waals surface area contributed by atoms with Crippen molar-refractivity contribution < 1.29 is 14.3 Å². The minimum atomic E-state index is -0.187. The number of carbonyl (C=O) groups is 1. The lowest BCUT2D eigenvalue weighted by molar-refractivity contribution is 0.0858. The zero-order valence-corrected chi connectivity index (χ0v) is 16.3. The van der Waals surface area contributed by atoms with Crippen LogP contribution in [0.25, 0.3) is 10.9 Å². The highest BCUT2D eigenvalue weighted by molar-refractivity contribution is 7.71. The number of amides is 1. The van der Waals surface area contributed by atoms with Gasteiger partial charge in [-0.05, 0) is 56.6 Å². The van der Waals surface area contributed by atoms with Crippen molar-refractivity contribution in [3.63, 3.8) is 0 Å². The zero-order chi connectivity index (χ0) is 19.2. The van der Waals surface area contributed by atoms with Gasteiger partial charge in [0.2, 0.25) is 0 Å². The fraction of sp³-hybridized carbons (Fsp3) is 0.526. The molecular formula is C19H25N3O4S. The molecule has 1 aromatic heterocycles. The molecule has 8 heteroatoms. The van der Waals surface area contributed by atoms with Crippen LogP contribution < -0.4 is 10.9 Å². The van der Waals surface area contributed by atoms with Gasteiger partial charge in [0.25, 0.3) is 11.5 Å². The lowest BCUT2D eigenvalue weighted by atomic mass is 10.1. The number of H-pyrrole nitrogens is 1. The topological polar surface area (TPSA) is 85.3 Å². The van der Waals surface area contributed by atoms with Gasteiger partial charge in [-0.3, -0.25) is 14.2 Å². The first-order valence-electron chi connectivity index (χ1n) is 9.34. The Bertz CT molecular complexity index is 915. The molecule has 7 nitrogen and oxygen atoms in total. The van der Waals surface area contributed by atoms with Gasteiger partial charge in [0.1, 0.15) is 0 Å². The quantitative estimate of drug-likeness (QED) is 0.533. The van der Waals surface area contributed by atoms with E-state index in [4.69, 9.17) is 21.7 Å². The van der Waals surface area contributed by atoms with Gasteiger partial charge in [0.15, 0.2) is 4.77 Å². The van der Waals surface area contributed by atoms with Crippen molar-refractivity contribution in [3.8, 4) is 0 Å². The van der Waals surface area contributed by atoms with E-state index in [0.717, 1.165) is 19.4 Å². The fourth-order valence-electron chi connectivity index (χ4n) is 3.18. The summed E-state index contributed by atoms with van der Waals surface area (Å²) in [4.78, 5) is 28.2. The molecule has 146 valence electrons. The summed E-state index contributed by atoms with van der Waals surface area (Å²) in [5.74, 6) is -0.187. The maximum atomic E-state index is 12.7. The van der Waals surface area contributed by atoms with Crippen LogP contribution in [-0.2, 0) is 16.0 Å². The van der Waals surface area contributed by atoms with Crippen LogP contribution in [0.4, 0.5) is 0 Å². The first-order chi connectivity index (χ1) is 13.1. The highest BCUT2D eigenvalue weighted by atomic mass is 32.1. The number of rotatable bonds is 8. The Kier molecular flexibility index (Phi) is 6.76. The van der Waals surface area contributed by atoms with E-state index in [-0.39, 0.29) is 17.6 Å². The smallest absolute Gasteiger partial charge is 0.262 e. The van der Waals surface area contributed by atoms with Gasteiger partial charge in [0, 0.05) is 38.5 Å². The molecule has 2 heterocycles. The monoisotopic (exact) mass is 391 g/mol. The first-order valence-corrected chi connectivity index (χ1v) is 9.75. The van der Waals surface area contributed by atoms with Crippen LogP contribution in [0, 0.1) is 4.77 Å². The highest BCUT2D eigenvalue weighted by Gasteiger charge is 2.17. The lowest BCUT2D eigenvalue weighted by Gasteiger charge is -2.12. The van der Waals surface area contributed by atoms with E-state index in [1.807, 2.05) is 6.92 Å². The number of fused-ring (bicyclic) bond motifs is 1. The van der Waals surface area contributed by atoms with Crippen LogP contribution in [0.1, 0.15) is 36.5 Å². The van der Waals surface area contributed by atoms with E-state index >= 15 is 0 Å². The van der Waals surface area contributed by atoms with Crippen LogP contribution in [0.2, 0.25) is 0 Å². The third-order valence-corrected chi connectivity index (χ3v) is 4.96. The molecule has 0 aliphatic carbocycles. The number of aromatic nitrogens is 2. The third kappa shape index (κ3) is 4.82. The van der Waals surface area contributed by atoms with E-state index in [0.29, 0.717) is 54.0 Å². The molecule has 0 unspecified atom stereocenters. The number of aromatic amines is 1. The highest BCUT2D eigenvalue weighted by Crippen LogP contribution is 2.13. The number of hydrogen-bond donors (Lipinski definition) is 2. The number of ether oxygens (including phenoxy) is 2. The Labute approximate surface area is 162 Å². The summed E-state index contributed by atoms with van der Waals surface area (Å²) in [7, 11) is 0. The number of nitrogens with one attached hydrogen (secondary N) is 2. The van der Waals surface area contributed by atoms with Crippen molar-refractivity contribution in [3.05, 3.63) is 38.9 Å². The predicted octanol–water partition coefficient (Wildman–Crippen LogP) is 2.39. The second-order valence-electron chi connectivity index (χ2n) is 6.54. The van der Waals surface area contributed by atoms with E-state index in [1.165, 1.54) is 4.57 Å². The maximum Gasteiger partial charge on any atom is 0.262 e. The van der Waals surface area contributed by atoms with E-state index in [2.05, 4.69) is 10.3 Å². The normalized spacial score (nSPS) is 16.7. The Morgan fingerprint density at radius 3 is 3.07 bits per heavy atom. The average molecular weight is 391 g/mol. The summed E-state index contributed by atoms with van der Waals surface area (Å²) < 4.78 is 12.7. The Balaban J connectivity index is 1.76. The summed E-state index contributed by atoms with van der Waals surface area (Å²) >= 11 is 5.33. The second-order valence-corrected chi connectivity index (χ2v) is 6.93. The maximum absolute atomic E-state index is 12.7. The van der Waals surface area contributed by atoms with Crippen molar-refractivity contribution in [2.45, 2.75) is 38.8 Å². The van der Waals surface area contributed by atoms with Crippen LogP contribution in [0.3, 0.4) is 0 Å². The Hall–Kier alpha value is -2.03. The van der Waals surface area contributed by atoms with Crippen LogP contribution in [0.5, 0.6) is 0 Å². The standard InChI is InChI=1S/C19H25N3O4S/c1-2-25-9-4-8-22-18(24)15-7-6-13(11-16(15)21-19(22)27)17(23)20-12-14-5-3-10-26-14/h6-7,11,14H,2-5,8-10,12H2,1H3,(H,20,23)(H,21,27)/t14-/m1/s1. The minimum Gasteiger partial charge on any atom is -0.382 e. The SMILES string of the molecule is CCOCCCn1c(=S)[nH]c2cc(C(=O)NC[C@H]3CCCO3)ccc2c1=O. The molecule has 2 N–H and O–H groups in total. The van der Waals surface area contributed by atoms with Crippen LogP contribution >= 0.6 is 12.2 Å². The third-order valence-electron chi connectivity index (χ3n) is 4.63. The van der Waals surface area contributed by atoms with Crippen LogP contribution in [0.15, 0.2) is 23.0 Å². The molecular weight excluding hydrogens is 366 g/mol. The number of nitrogens with zero attached hydrogens (tertiary/aromatic N) is 1. The van der Waals surface area contributed by atoms with Gasteiger partial charge in [-0.25, -0.2) is 0 Å². The first kappa shape index (κ1) is 19.7.